The second kappa shape index (κ2) is 7.32. The fourth-order valence-corrected chi connectivity index (χ4v) is 2.35. The molecule has 0 aliphatic heterocycles. The summed E-state index contributed by atoms with van der Waals surface area (Å²) in [5.41, 5.74) is 2.18. The summed E-state index contributed by atoms with van der Waals surface area (Å²) in [5.74, 6) is 0.251. The van der Waals surface area contributed by atoms with Gasteiger partial charge in [0.1, 0.15) is 5.75 Å². The Hall–Kier alpha value is -2.92. The number of hydrogen-bond donors (Lipinski definition) is 0. The summed E-state index contributed by atoms with van der Waals surface area (Å²) in [6, 6.07) is 16.0. The SMILES string of the molecule is Cc1ccccc1Oc1nnc(Cl)cc1OC(=O)c1ccccc1C. The highest BCUT2D eigenvalue weighted by molar-refractivity contribution is 6.29. The summed E-state index contributed by atoms with van der Waals surface area (Å²) in [6.45, 7) is 3.73. The number of esters is 1. The van der Waals surface area contributed by atoms with Crippen LogP contribution in [-0.2, 0) is 0 Å². The van der Waals surface area contributed by atoms with Gasteiger partial charge in [0.15, 0.2) is 10.9 Å². The van der Waals surface area contributed by atoms with Crippen molar-refractivity contribution in [1.82, 2.24) is 10.2 Å². The zero-order valence-electron chi connectivity index (χ0n) is 13.7. The fourth-order valence-electron chi connectivity index (χ4n) is 2.22. The van der Waals surface area contributed by atoms with Crippen LogP contribution in [0.15, 0.2) is 54.6 Å². The highest BCUT2D eigenvalue weighted by atomic mass is 35.5. The van der Waals surface area contributed by atoms with Crippen LogP contribution in [0, 0.1) is 13.8 Å². The van der Waals surface area contributed by atoms with Crippen LogP contribution in [-0.4, -0.2) is 16.2 Å². The van der Waals surface area contributed by atoms with E-state index < -0.39 is 5.97 Å². The molecule has 2 aromatic carbocycles. The van der Waals surface area contributed by atoms with Gasteiger partial charge in [-0.1, -0.05) is 48.0 Å². The van der Waals surface area contributed by atoms with Gasteiger partial charge in [-0.15, -0.1) is 10.2 Å². The van der Waals surface area contributed by atoms with Crippen LogP contribution in [0.2, 0.25) is 5.15 Å². The maximum absolute atomic E-state index is 12.4. The number of rotatable bonds is 4. The summed E-state index contributed by atoms with van der Waals surface area (Å²) in [5, 5.41) is 7.77. The van der Waals surface area contributed by atoms with Crippen molar-refractivity contribution in [2.75, 3.05) is 0 Å². The van der Waals surface area contributed by atoms with Gasteiger partial charge < -0.3 is 9.47 Å². The molecule has 0 atom stereocenters. The summed E-state index contributed by atoms with van der Waals surface area (Å²) in [6.07, 6.45) is 0. The van der Waals surface area contributed by atoms with Crippen molar-refractivity contribution in [3.8, 4) is 17.4 Å². The Morgan fingerprint density at radius 1 is 0.920 bits per heavy atom. The molecule has 3 rings (SSSR count). The second-order valence-electron chi connectivity index (χ2n) is 5.41. The lowest BCUT2D eigenvalue weighted by atomic mass is 10.1. The predicted molar refractivity (Wildman–Crippen MR) is 94.4 cm³/mol. The molecule has 6 heteroatoms. The molecule has 126 valence electrons. The van der Waals surface area contributed by atoms with Crippen molar-refractivity contribution in [2.45, 2.75) is 13.8 Å². The van der Waals surface area contributed by atoms with E-state index in [1.165, 1.54) is 6.07 Å². The van der Waals surface area contributed by atoms with Gasteiger partial charge in [-0.3, -0.25) is 0 Å². The fraction of sp³-hybridized carbons (Fsp3) is 0.105. The van der Waals surface area contributed by atoms with Crippen LogP contribution >= 0.6 is 11.6 Å². The third-order valence-electron chi connectivity index (χ3n) is 3.57. The molecule has 0 radical (unpaired) electrons. The standard InChI is InChI=1S/C19H15ClN2O3/c1-12-7-3-5-9-14(12)19(23)25-16-11-17(20)21-22-18(16)24-15-10-6-4-8-13(15)2/h3-11H,1-2H3. The Kier molecular flexibility index (Phi) is 4.95. The lowest BCUT2D eigenvalue weighted by Crippen LogP contribution is -2.11. The van der Waals surface area contributed by atoms with E-state index in [1.54, 1.807) is 18.2 Å². The van der Waals surface area contributed by atoms with Crippen molar-refractivity contribution >= 4 is 17.6 Å². The van der Waals surface area contributed by atoms with Crippen molar-refractivity contribution < 1.29 is 14.3 Å². The number of nitrogens with zero attached hydrogens (tertiary/aromatic N) is 2. The molecule has 0 fully saturated rings. The molecule has 25 heavy (non-hydrogen) atoms. The molecular weight excluding hydrogens is 340 g/mol. The summed E-state index contributed by atoms with van der Waals surface area (Å²) in [4.78, 5) is 12.4. The average Bonchev–Trinajstić information content (AvgIpc) is 2.59. The topological polar surface area (TPSA) is 61.3 Å². The minimum Gasteiger partial charge on any atom is -0.435 e. The molecule has 0 spiro atoms. The summed E-state index contributed by atoms with van der Waals surface area (Å²) in [7, 11) is 0. The molecule has 5 nitrogen and oxygen atoms in total. The second-order valence-corrected chi connectivity index (χ2v) is 5.80. The quantitative estimate of drug-likeness (QED) is 0.632. The molecule has 0 unspecified atom stereocenters. The monoisotopic (exact) mass is 354 g/mol. The molecule has 0 bridgehead atoms. The zero-order valence-corrected chi connectivity index (χ0v) is 14.4. The van der Waals surface area contributed by atoms with Crippen molar-refractivity contribution in [1.29, 1.82) is 0 Å². The normalized spacial score (nSPS) is 10.4. The number of carbonyl (C=O) groups excluding carboxylic acids is 1. The number of ether oxygens (including phenoxy) is 2. The first-order valence-electron chi connectivity index (χ1n) is 7.59. The molecular formula is C19H15ClN2O3. The van der Waals surface area contributed by atoms with Crippen LogP contribution in [0.1, 0.15) is 21.5 Å². The van der Waals surface area contributed by atoms with Gasteiger partial charge in [-0.2, -0.15) is 0 Å². The Bertz CT molecular complexity index is 928. The molecule has 1 heterocycles. The number of para-hydroxylation sites is 1. The van der Waals surface area contributed by atoms with Crippen LogP contribution < -0.4 is 9.47 Å². The maximum atomic E-state index is 12.4. The number of aromatic nitrogens is 2. The first-order valence-corrected chi connectivity index (χ1v) is 7.97. The highest BCUT2D eigenvalue weighted by Gasteiger charge is 2.17. The molecule has 3 aromatic rings. The average molecular weight is 355 g/mol. The van der Waals surface area contributed by atoms with E-state index in [-0.39, 0.29) is 16.8 Å². The van der Waals surface area contributed by atoms with E-state index in [0.717, 1.165) is 11.1 Å². The Labute approximate surface area is 150 Å². The van der Waals surface area contributed by atoms with Crippen molar-refractivity contribution in [2.24, 2.45) is 0 Å². The van der Waals surface area contributed by atoms with Gasteiger partial charge >= 0.3 is 5.97 Å². The van der Waals surface area contributed by atoms with Gasteiger partial charge in [0.05, 0.1) is 5.56 Å². The zero-order chi connectivity index (χ0) is 17.8. The molecule has 0 saturated heterocycles. The third-order valence-corrected chi connectivity index (χ3v) is 3.75. The number of halogens is 1. The minimum absolute atomic E-state index is 0.0700. The van der Waals surface area contributed by atoms with Crippen molar-refractivity contribution in [3.63, 3.8) is 0 Å². The first kappa shape index (κ1) is 16.9. The molecule has 0 aliphatic rings. The highest BCUT2D eigenvalue weighted by Crippen LogP contribution is 2.32. The van der Waals surface area contributed by atoms with Gasteiger partial charge in [-0.05, 0) is 37.1 Å². The van der Waals surface area contributed by atoms with Gasteiger partial charge in [0, 0.05) is 6.07 Å². The molecule has 1 aromatic heterocycles. The Balaban J connectivity index is 1.91. The smallest absolute Gasteiger partial charge is 0.343 e. The number of aryl methyl sites for hydroxylation is 2. The number of benzene rings is 2. The lowest BCUT2D eigenvalue weighted by Gasteiger charge is -2.12. The van der Waals surface area contributed by atoms with E-state index in [2.05, 4.69) is 10.2 Å². The largest absolute Gasteiger partial charge is 0.435 e. The van der Waals surface area contributed by atoms with E-state index in [9.17, 15) is 4.79 Å². The van der Waals surface area contributed by atoms with Crippen LogP contribution in [0.25, 0.3) is 0 Å². The molecule has 0 N–H and O–H groups in total. The third kappa shape index (κ3) is 3.95. The molecule has 0 saturated carbocycles. The minimum atomic E-state index is -0.517. The van der Waals surface area contributed by atoms with Crippen LogP contribution in [0.5, 0.6) is 17.4 Å². The van der Waals surface area contributed by atoms with E-state index >= 15 is 0 Å². The Morgan fingerprint density at radius 2 is 1.60 bits per heavy atom. The van der Waals surface area contributed by atoms with Gasteiger partial charge in [0.2, 0.25) is 0 Å². The van der Waals surface area contributed by atoms with Gasteiger partial charge in [0.25, 0.3) is 5.88 Å². The Morgan fingerprint density at radius 3 is 2.32 bits per heavy atom. The van der Waals surface area contributed by atoms with Crippen molar-refractivity contribution in [3.05, 3.63) is 76.4 Å². The summed E-state index contributed by atoms with van der Waals surface area (Å²) >= 11 is 5.89. The van der Waals surface area contributed by atoms with E-state index in [4.69, 9.17) is 21.1 Å². The van der Waals surface area contributed by atoms with E-state index in [0.29, 0.717) is 11.3 Å². The number of hydrogen-bond acceptors (Lipinski definition) is 5. The predicted octanol–water partition coefficient (Wildman–Crippen LogP) is 4.76. The first-order chi connectivity index (χ1) is 12.0. The lowest BCUT2D eigenvalue weighted by molar-refractivity contribution is 0.0728. The van der Waals surface area contributed by atoms with Gasteiger partial charge in [-0.25, -0.2) is 4.79 Å². The summed E-state index contributed by atoms with van der Waals surface area (Å²) < 4.78 is 11.2. The maximum Gasteiger partial charge on any atom is 0.343 e. The number of carbonyl (C=O) groups is 1. The molecule has 0 amide bonds. The molecule has 0 aliphatic carbocycles. The van der Waals surface area contributed by atoms with Crippen LogP contribution in [0.3, 0.4) is 0 Å². The van der Waals surface area contributed by atoms with E-state index in [1.807, 2.05) is 44.2 Å². The van der Waals surface area contributed by atoms with Crippen LogP contribution in [0.4, 0.5) is 0 Å².